The molecule has 27 heavy (non-hydrogen) atoms. The molecule has 1 heterocycles. The molecule has 0 aliphatic rings. The van der Waals surface area contributed by atoms with Crippen molar-refractivity contribution < 1.29 is 18.0 Å². The highest BCUT2D eigenvalue weighted by atomic mass is 32.2. The maximum absolute atomic E-state index is 13.3. The molecular formula is C19H24N2O4S2. The van der Waals surface area contributed by atoms with Crippen molar-refractivity contribution in [2.45, 2.75) is 43.9 Å². The molecule has 1 aromatic heterocycles. The van der Waals surface area contributed by atoms with Gasteiger partial charge in [-0.2, -0.15) is 0 Å². The minimum atomic E-state index is -3.76. The van der Waals surface area contributed by atoms with Gasteiger partial charge in [0, 0.05) is 17.5 Å². The summed E-state index contributed by atoms with van der Waals surface area (Å²) in [4.78, 5) is 24.7. The Morgan fingerprint density at radius 3 is 2.41 bits per heavy atom. The Bertz CT molecular complexity index is 919. The van der Waals surface area contributed by atoms with Crippen molar-refractivity contribution >= 4 is 33.0 Å². The smallest absolute Gasteiger partial charge is 0.309 e. The zero-order valence-electron chi connectivity index (χ0n) is 15.8. The third-order valence-corrected chi connectivity index (χ3v) is 7.32. The summed E-state index contributed by atoms with van der Waals surface area (Å²) in [5.74, 6) is -1.62. The second-order valence-electron chi connectivity index (χ2n) is 6.66. The summed E-state index contributed by atoms with van der Waals surface area (Å²) in [6.07, 6.45) is 0. The number of thiophene rings is 1. The zero-order chi connectivity index (χ0) is 20.2. The van der Waals surface area contributed by atoms with Gasteiger partial charge < -0.3 is 10.6 Å². The summed E-state index contributed by atoms with van der Waals surface area (Å²) < 4.78 is 26.6. The van der Waals surface area contributed by atoms with E-state index in [1.54, 1.807) is 50.4 Å². The third-order valence-electron chi connectivity index (χ3n) is 3.96. The lowest BCUT2D eigenvalue weighted by molar-refractivity contribution is -0.139. The van der Waals surface area contributed by atoms with E-state index in [1.807, 2.05) is 13.0 Å². The van der Waals surface area contributed by atoms with Gasteiger partial charge in [0.05, 0.1) is 4.90 Å². The first-order valence-electron chi connectivity index (χ1n) is 8.56. The SMILES string of the molecule is Cc1ccc(C)c(S(=O)(=O)[C@H](CNC(=O)C(=O)NC(C)C)c2cccs2)c1. The molecule has 2 amide bonds. The Balaban J connectivity index is 2.32. The van der Waals surface area contributed by atoms with Crippen molar-refractivity contribution in [2.24, 2.45) is 0 Å². The first-order chi connectivity index (χ1) is 12.6. The number of amides is 2. The van der Waals surface area contributed by atoms with E-state index in [9.17, 15) is 18.0 Å². The van der Waals surface area contributed by atoms with Gasteiger partial charge in [-0.15, -0.1) is 11.3 Å². The Kier molecular flexibility index (Phi) is 6.78. The van der Waals surface area contributed by atoms with Crippen molar-refractivity contribution in [1.82, 2.24) is 10.6 Å². The number of rotatable bonds is 6. The van der Waals surface area contributed by atoms with Crippen molar-refractivity contribution in [1.29, 1.82) is 0 Å². The summed E-state index contributed by atoms with van der Waals surface area (Å²) in [6, 6.07) is 8.56. The molecule has 0 saturated heterocycles. The molecule has 1 aromatic carbocycles. The minimum Gasteiger partial charge on any atom is -0.346 e. The number of aryl methyl sites for hydroxylation is 2. The van der Waals surface area contributed by atoms with E-state index in [0.29, 0.717) is 10.4 Å². The maximum Gasteiger partial charge on any atom is 0.309 e. The first kappa shape index (κ1) is 21.1. The number of sulfone groups is 1. The van der Waals surface area contributed by atoms with Crippen LogP contribution in [0.2, 0.25) is 0 Å². The summed E-state index contributed by atoms with van der Waals surface area (Å²) in [6.45, 7) is 6.87. The van der Waals surface area contributed by atoms with Crippen molar-refractivity contribution in [3.8, 4) is 0 Å². The van der Waals surface area contributed by atoms with Crippen LogP contribution in [-0.4, -0.2) is 32.8 Å². The van der Waals surface area contributed by atoms with Gasteiger partial charge >= 0.3 is 11.8 Å². The Morgan fingerprint density at radius 1 is 1.11 bits per heavy atom. The molecule has 6 nitrogen and oxygen atoms in total. The Hall–Kier alpha value is -2.19. The highest BCUT2D eigenvalue weighted by Crippen LogP contribution is 2.33. The standard InChI is InChI=1S/C19H24N2O4S2/c1-12(2)21-19(23)18(22)20-11-17(15-6-5-9-26-15)27(24,25)16-10-13(3)7-8-14(16)4/h5-10,12,17H,11H2,1-4H3,(H,20,22)(H,21,23)/t17-/m1/s1. The maximum atomic E-state index is 13.3. The van der Waals surface area contributed by atoms with Gasteiger partial charge in [-0.25, -0.2) is 8.42 Å². The molecule has 0 bridgehead atoms. The van der Waals surface area contributed by atoms with Crippen LogP contribution in [0, 0.1) is 13.8 Å². The van der Waals surface area contributed by atoms with E-state index in [0.717, 1.165) is 5.56 Å². The van der Waals surface area contributed by atoms with Gasteiger partial charge in [0.1, 0.15) is 5.25 Å². The van der Waals surface area contributed by atoms with E-state index < -0.39 is 26.9 Å². The predicted octanol–water partition coefficient (Wildman–Crippen LogP) is 2.52. The van der Waals surface area contributed by atoms with E-state index in [1.165, 1.54) is 11.3 Å². The zero-order valence-corrected chi connectivity index (χ0v) is 17.4. The average Bonchev–Trinajstić information content (AvgIpc) is 3.10. The Labute approximate surface area is 163 Å². The van der Waals surface area contributed by atoms with Crippen LogP contribution < -0.4 is 10.6 Å². The normalized spacial score (nSPS) is 12.6. The molecule has 146 valence electrons. The van der Waals surface area contributed by atoms with Gasteiger partial charge in [0.2, 0.25) is 0 Å². The molecule has 2 aromatic rings. The van der Waals surface area contributed by atoms with Crippen LogP contribution in [0.5, 0.6) is 0 Å². The molecule has 2 rings (SSSR count). The van der Waals surface area contributed by atoms with Crippen LogP contribution in [0.1, 0.15) is 35.1 Å². The van der Waals surface area contributed by atoms with Crippen LogP contribution in [0.4, 0.5) is 0 Å². The molecule has 1 atom stereocenters. The molecule has 0 aliphatic carbocycles. The molecule has 0 aliphatic heterocycles. The third kappa shape index (κ3) is 5.17. The fourth-order valence-electron chi connectivity index (χ4n) is 2.60. The monoisotopic (exact) mass is 408 g/mol. The molecule has 0 fully saturated rings. The van der Waals surface area contributed by atoms with E-state index in [2.05, 4.69) is 10.6 Å². The minimum absolute atomic E-state index is 0.180. The second kappa shape index (κ2) is 8.67. The average molecular weight is 409 g/mol. The van der Waals surface area contributed by atoms with Crippen molar-refractivity contribution in [3.63, 3.8) is 0 Å². The highest BCUT2D eigenvalue weighted by Gasteiger charge is 2.32. The summed E-state index contributed by atoms with van der Waals surface area (Å²) in [7, 11) is -3.76. The molecule has 0 unspecified atom stereocenters. The van der Waals surface area contributed by atoms with Crippen LogP contribution in [0.15, 0.2) is 40.6 Å². The van der Waals surface area contributed by atoms with Crippen LogP contribution >= 0.6 is 11.3 Å². The van der Waals surface area contributed by atoms with Gasteiger partial charge in [-0.05, 0) is 56.3 Å². The van der Waals surface area contributed by atoms with Gasteiger partial charge in [0.25, 0.3) is 0 Å². The lowest BCUT2D eigenvalue weighted by atomic mass is 10.2. The summed E-state index contributed by atoms with van der Waals surface area (Å²) >= 11 is 1.30. The van der Waals surface area contributed by atoms with Crippen LogP contribution in [0.3, 0.4) is 0 Å². The van der Waals surface area contributed by atoms with Gasteiger partial charge in [0.15, 0.2) is 9.84 Å². The summed E-state index contributed by atoms with van der Waals surface area (Å²) in [5, 5.41) is 5.77. The topological polar surface area (TPSA) is 92.3 Å². The fraction of sp³-hybridized carbons (Fsp3) is 0.368. The van der Waals surface area contributed by atoms with Gasteiger partial charge in [-0.3, -0.25) is 9.59 Å². The predicted molar refractivity (Wildman–Crippen MR) is 106 cm³/mol. The number of nitrogens with one attached hydrogen (secondary N) is 2. The number of hydrogen-bond donors (Lipinski definition) is 2. The van der Waals surface area contributed by atoms with Gasteiger partial charge in [-0.1, -0.05) is 18.2 Å². The van der Waals surface area contributed by atoms with Crippen LogP contribution in [0.25, 0.3) is 0 Å². The molecule has 0 radical (unpaired) electrons. The number of carbonyl (C=O) groups is 2. The molecule has 2 N–H and O–H groups in total. The lowest BCUT2D eigenvalue weighted by Crippen LogP contribution is -2.44. The summed E-state index contributed by atoms with van der Waals surface area (Å²) in [5.41, 5.74) is 1.48. The van der Waals surface area contributed by atoms with Crippen molar-refractivity contribution in [3.05, 3.63) is 51.7 Å². The van der Waals surface area contributed by atoms with E-state index in [4.69, 9.17) is 0 Å². The van der Waals surface area contributed by atoms with E-state index >= 15 is 0 Å². The number of benzene rings is 1. The quantitative estimate of drug-likeness (QED) is 0.719. The van der Waals surface area contributed by atoms with E-state index in [-0.39, 0.29) is 17.5 Å². The molecular weight excluding hydrogens is 384 g/mol. The molecule has 0 spiro atoms. The number of carbonyl (C=O) groups excluding carboxylic acids is 2. The lowest BCUT2D eigenvalue weighted by Gasteiger charge is -2.19. The Morgan fingerprint density at radius 2 is 1.81 bits per heavy atom. The molecule has 8 heteroatoms. The molecule has 0 saturated carbocycles. The second-order valence-corrected chi connectivity index (χ2v) is 9.73. The van der Waals surface area contributed by atoms with Crippen molar-refractivity contribution in [2.75, 3.05) is 6.54 Å². The highest BCUT2D eigenvalue weighted by molar-refractivity contribution is 7.92. The largest absolute Gasteiger partial charge is 0.346 e. The first-order valence-corrected chi connectivity index (χ1v) is 11.0. The van der Waals surface area contributed by atoms with Crippen LogP contribution in [-0.2, 0) is 19.4 Å². The number of hydrogen-bond acceptors (Lipinski definition) is 5. The fourth-order valence-corrected chi connectivity index (χ4v) is 5.71.